The van der Waals surface area contributed by atoms with Gasteiger partial charge in [0.1, 0.15) is 5.75 Å². The predicted molar refractivity (Wildman–Crippen MR) is 58.9 cm³/mol. The molecule has 76 valence electrons. The van der Waals surface area contributed by atoms with Crippen molar-refractivity contribution in [2.75, 3.05) is 5.73 Å². The molecule has 1 aliphatic carbocycles. The summed E-state index contributed by atoms with van der Waals surface area (Å²) in [4.78, 5) is 0. The topological polar surface area (TPSA) is 35.2 Å². The van der Waals surface area contributed by atoms with Crippen molar-refractivity contribution in [3.8, 4) is 5.75 Å². The van der Waals surface area contributed by atoms with Crippen molar-refractivity contribution in [2.24, 2.45) is 0 Å². The molecular weight excluding hydrogens is 198 g/mol. The summed E-state index contributed by atoms with van der Waals surface area (Å²) in [6, 6.07) is 3.67. The maximum Gasteiger partial charge on any atom is 0.124 e. The summed E-state index contributed by atoms with van der Waals surface area (Å²) in [7, 11) is 0. The lowest BCUT2D eigenvalue weighted by Crippen LogP contribution is -2.24. The Bertz CT molecular complexity index is 347. The number of nitrogens with two attached hydrogens (primary N) is 1. The van der Waals surface area contributed by atoms with Crippen LogP contribution in [0.5, 0.6) is 5.75 Å². The monoisotopic (exact) mass is 211 g/mol. The van der Waals surface area contributed by atoms with E-state index in [1.54, 1.807) is 0 Å². The van der Waals surface area contributed by atoms with Crippen molar-refractivity contribution in [3.05, 3.63) is 22.7 Å². The van der Waals surface area contributed by atoms with Crippen molar-refractivity contribution in [3.63, 3.8) is 0 Å². The van der Waals surface area contributed by atoms with Gasteiger partial charge in [0, 0.05) is 6.07 Å². The van der Waals surface area contributed by atoms with Gasteiger partial charge in [0.05, 0.1) is 16.8 Å². The molecule has 1 aromatic carbocycles. The van der Waals surface area contributed by atoms with Gasteiger partial charge in [-0.2, -0.15) is 0 Å². The summed E-state index contributed by atoms with van der Waals surface area (Å²) in [5.74, 6) is 0.869. The van der Waals surface area contributed by atoms with Crippen LogP contribution >= 0.6 is 11.6 Å². The Kier molecular flexibility index (Phi) is 2.55. The van der Waals surface area contributed by atoms with Crippen LogP contribution in [0.4, 0.5) is 5.69 Å². The van der Waals surface area contributed by atoms with Gasteiger partial charge in [-0.05, 0) is 37.8 Å². The molecule has 2 rings (SSSR count). The first-order valence-corrected chi connectivity index (χ1v) is 5.27. The molecule has 0 heterocycles. The van der Waals surface area contributed by atoms with E-state index in [2.05, 4.69) is 0 Å². The zero-order valence-corrected chi connectivity index (χ0v) is 8.97. The number of ether oxygens (including phenoxy) is 1. The average molecular weight is 212 g/mol. The van der Waals surface area contributed by atoms with Crippen LogP contribution in [0.15, 0.2) is 12.1 Å². The van der Waals surface area contributed by atoms with Crippen LogP contribution in [0.2, 0.25) is 5.02 Å². The van der Waals surface area contributed by atoms with E-state index in [1.165, 1.54) is 6.42 Å². The van der Waals surface area contributed by atoms with E-state index < -0.39 is 0 Å². The van der Waals surface area contributed by atoms with E-state index in [0.717, 1.165) is 24.2 Å². The largest absolute Gasteiger partial charge is 0.490 e. The van der Waals surface area contributed by atoms with Gasteiger partial charge in [0.15, 0.2) is 0 Å². The highest BCUT2D eigenvalue weighted by molar-refractivity contribution is 6.33. The van der Waals surface area contributed by atoms with Crippen LogP contribution < -0.4 is 10.5 Å². The van der Waals surface area contributed by atoms with E-state index in [-0.39, 0.29) is 0 Å². The molecule has 0 bridgehead atoms. The van der Waals surface area contributed by atoms with Gasteiger partial charge in [-0.25, -0.2) is 0 Å². The second-order valence-corrected chi connectivity index (χ2v) is 4.22. The number of rotatable bonds is 2. The normalized spacial score (nSPS) is 16.4. The first-order chi connectivity index (χ1) is 6.66. The van der Waals surface area contributed by atoms with E-state index >= 15 is 0 Å². The zero-order valence-electron chi connectivity index (χ0n) is 8.22. The molecular formula is C11H14ClNO. The molecule has 2 nitrogen and oxygen atoms in total. The first kappa shape index (κ1) is 9.66. The van der Waals surface area contributed by atoms with Crippen LogP contribution in [0.3, 0.4) is 0 Å². The van der Waals surface area contributed by atoms with E-state index in [4.69, 9.17) is 22.1 Å². The van der Waals surface area contributed by atoms with Gasteiger partial charge in [-0.15, -0.1) is 0 Å². The maximum absolute atomic E-state index is 5.93. The summed E-state index contributed by atoms with van der Waals surface area (Å²) in [5, 5.41) is 0.574. The van der Waals surface area contributed by atoms with Crippen LogP contribution in [-0.4, -0.2) is 6.10 Å². The minimum atomic E-state index is 0.383. The molecule has 0 amide bonds. The average Bonchev–Trinajstić information content (AvgIpc) is 2.06. The van der Waals surface area contributed by atoms with Gasteiger partial charge >= 0.3 is 0 Å². The second-order valence-electron chi connectivity index (χ2n) is 3.81. The lowest BCUT2D eigenvalue weighted by atomic mass is 9.96. The fraction of sp³-hybridized carbons (Fsp3) is 0.455. The third kappa shape index (κ3) is 1.80. The fourth-order valence-electron chi connectivity index (χ4n) is 1.48. The van der Waals surface area contributed by atoms with Crippen LogP contribution in [0.25, 0.3) is 0 Å². The molecule has 1 saturated carbocycles. The van der Waals surface area contributed by atoms with E-state index in [1.807, 2.05) is 19.1 Å². The second kappa shape index (κ2) is 3.70. The Morgan fingerprint density at radius 3 is 2.71 bits per heavy atom. The molecule has 0 atom stereocenters. The third-order valence-corrected chi connectivity index (χ3v) is 2.97. The summed E-state index contributed by atoms with van der Waals surface area (Å²) >= 11 is 5.93. The molecule has 1 aromatic rings. The Balaban J connectivity index is 2.19. The van der Waals surface area contributed by atoms with Crippen LogP contribution in [-0.2, 0) is 0 Å². The number of benzene rings is 1. The van der Waals surface area contributed by atoms with E-state index in [0.29, 0.717) is 16.8 Å². The molecule has 0 spiro atoms. The number of halogens is 1. The maximum atomic E-state index is 5.93. The zero-order chi connectivity index (χ0) is 10.1. The lowest BCUT2D eigenvalue weighted by molar-refractivity contribution is 0.119. The molecule has 1 aliphatic rings. The lowest BCUT2D eigenvalue weighted by Gasteiger charge is -2.27. The smallest absolute Gasteiger partial charge is 0.124 e. The van der Waals surface area contributed by atoms with E-state index in [9.17, 15) is 0 Å². The predicted octanol–water partition coefficient (Wildman–Crippen LogP) is 3.16. The van der Waals surface area contributed by atoms with Gasteiger partial charge < -0.3 is 10.5 Å². The highest BCUT2D eigenvalue weighted by atomic mass is 35.5. The van der Waals surface area contributed by atoms with Crippen molar-refractivity contribution >= 4 is 17.3 Å². The van der Waals surface area contributed by atoms with Crippen molar-refractivity contribution in [1.29, 1.82) is 0 Å². The number of aryl methyl sites for hydroxylation is 1. The minimum Gasteiger partial charge on any atom is -0.490 e. The number of anilines is 1. The Morgan fingerprint density at radius 2 is 2.14 bits per heavy atom. The van der Waals surface area contributed by atoms with Crippen molar-refractivity contribution in [2.45, 2.75) is 32.3 Å². The first-order valence-electron chi connectivity index (χ1n) is 4.89. The molecule has 0 radical (unpaired) electrons. The molecule has 14 heavy (non-hydrogen) atoms. The molecule has 0 aromatic heterocycles. The standard InChI is InChI=1S/C11H14ClNO/c1-7-5-10(13)9(12)6-11(7)14-8-3-2-4-8/h5-6,8H,2-4,13H2,1H3. The number of nitrogen functional groups attached to an aromatic ring is 1. The number of hydrogen-bond acceptors (Lipinski definition) is 2. The Labute approximate surface area is 89.0 Å². The minimum absolute atomic E-state index is 0.383. The van der Waals surface area contributed by atoms with Crippen LogP contribution in [0.1, 0.15) is 24.8 Å². The highest BCUT2D eigenvalue weighted by Crippen LogP contribution is 2.32. The summed E-state index contributed by atoms with van der Waals surface area (Å²) in [6.07, 6.45) is 3.96. The van der Waals surface area contributed by atoms with Crippen LogP contribution in [0, 0.1) is 6.92 Å². The van der Waals surface area contributed by atoms with Gasteiger partial charge in [0.25, 0.3) is 0 Å². The highest BCUT2D eigenvalue weighted by Gasteiger charge is 2.20. The van der Waals surface area contributed by atoms with Crippen molar-refractivity contribution < 1.29 is 4.74 Å². The SMILES string of the molecule is Cc1cc(N)c(Cl)cc1OC1CCC1. The summed E-state index contributed by atoms with van der Waals surface area (Å²) in [6.45, 7) is 1.99. The van der Waals surface area contributed by atoms with Gasteiger partial charge in [-0.1, -0.05) is 11.6 Å². The summed E-state index contributed by atoms with van der Waals surface area (Å²) < 4.78 is 5.78. The summed E-state index contributed by atoms with van der Waals surface area (Å²) in [5.41, 5.74) is 7.35. The molecule has 3 heteroatoms. The molecule has 0 saturated heterocycles. The molecule has 0 aliphatic heterocycles. The Morgan fingerprint density at radius 1 is 1.43 bits per heavy atom. The van der Waals surface area contributed by atoms with Crippen molar-refractivity contribution in [1.82, 2.24) is 0 Å². The Hall–Kier alpha value is -0.890. The fourth-order valence-corrected chi connectivity index (χ4v) is 1.63. The molecule has 0 unspecified atom stereocenters. The quantitative estimate of drug-likeness (QED) is 0.763. The van der Waals surface area contributed by atoms with Gasteiger partial charge in [-0.3, -0.25) is 0 Å². The van der Waals surface area contributed by atoms with Gasteiger partial charge in [0.2, 0.25) is 0 Å². The molecule has 2 N–H and O–H groups in total. The number of hydrogen-bond donors (Lipinski definition) is 1. The molecule has 1 fully saturated rings. The third-order valence-electron chi connectivity index (χ3n) is 2.64.